The topological polar surface area (TPSA) is 79.0 Å². The molecule has 100 valence electrons. The van der Waals surface area contributed by atoms with Crippen molar-refractivity contribution >= 4 is 27.3 Å². The van der Waals surface area contributed by atoms with Crippen LogP contribution in [0.2, 0.25) is 0 Å². The lowest BCUT2D eigenvalue weighted by molar-refractivity contribution is -0.385. The van der Waals surface area contributed by atoms with Gasteiger partial charge in [0.25, 0.3) is 5.69 Å². The number of nitro benzene ring substituents is 1. The van der Waals surface area contributed by atoms with Gasteiger partial charge in [0.2, 0.25) is 0 Å². The second-order valence-corrected chi connectivity index (χ2v) is 4.81. The van der Waals surface area contributed by atoms with Crippen molar-refractivity contribution in [2.24, 2.45) is 0 Å². The van der Waals surface area contributed by atoms with E-state index in [2.05, 4.69) is 27.3 Å². The molecule has 6 heteroatoms. The highest BCUT2D eigenvalue weighted by Gasteiger charge is 2.14. The molecule has 0 amide bonds. The zero-order valence-electron chi connectivity index (χ0n) is 10.3. The van der Waals surface area contributed by atoms with E-state index in [4.69, 9.17) is 5.26 Å². The number of halogens is 1. The first-order chi connectivity index (χ1) is 9.63. The minimum absolute atomic E-state index is 0.0258. The van der Waals surface area contributed by atoms with Crippen molar-refractivity contribution in [3.8, 4) is 6.07 Å². The molecule has 0 saturated carbocycles. The van der Waals surface area contributed by atoms with Gasteiger partial charge in [-0.3, -0.25) is 10.1 Å². The summed E-state index contributed by atoms with van der Waals surface area (Å²) in [4.78, 5) is 10.4. The highest BCUT2D eigenvalue weighted by molar-refractivity contribution is 9.10. The first-order valence-corrected chi connectivity index (χ1v) is 6.57. The number of hydrogen-bond donors (Lipinski definition) is 1. The quantitative estimate of drug-likeness (QED) is 0.681. The molecule has 0 heterocycles. The van der Waals surface area contributed by atoms with Crippen molar-refractivity contribution in [3.05, 3.63) is 68.2 Å². The van der Waals surface area contributed by atoms with Crippen LogP contribution in [0.15, 0.2) is 46.9 Å². The minimum Gasteiger partial charge on any atom is -0.380 e. The zero-order chi connectivity index (χ0) is 14.5. The lowest BCUT2D eigenvalue weighted by atomic mass is 10.1. The van der Waals surface area contributed by atoms with Gasteiger partial charge in [-0.25, -0.2) is 0 Å². The van der Waals surface area contributed by atoms with Crippen LogP contribution in [0.4, 0.5) is 11.4 Å². The smallest absolute Gasteiger partial charge is 0.283 e. The Morgan fingerprint density at radius 3 is 2.70 bits per heavy atom. The van der Waals surface area contributed by atoms with E-state index >= 15 is 0 Å². The fourth-order valence-electron chi connectivity index (χ4n) is 1.77. The van der Waals surface area contributed by atoms with E-state index < -0.39 is 4.92 Å². The normalized spacial score (nSPS) is 9.80. The van der Waals surface area contributed by atoms with Crippen molar-refractivity contribution in [2.45, 2.75) is 6.54 Å². The molecule has 0 aliphatic carbocycles. The number of hydrogen-bond acceptors (Lipinski definition) is 4. The molecule has 20 heavy (non-hydrogen) atoms. The van der Waals surface area contributed by atoms with Crippen LogP contribution in [0.1, 0.15) is 11.1 Å². The number of benzene rings is 2. The molecule has 0 radical (unpaired) electrons. The summed E-state index contributed by atoms with van der Waals surface area (Å²) in [5.74, 6) is 0. The number of nitro groups is 1. The monoisotopic (exact) mass is 331 g/mol. The fourth-order valence-corrected chi connectivity index (χ4v) is 2.32. The third kappa shape index (κ3) is 2.95. The summed E-state index contributed by atoms with van der Waals surface area (Å²) in [7, 11) is 0. The second kappa shape index (κ2) is 6.17. The number of nitrogens with zero attached hydrogens (tertiary/aromatic N) is 2. The summed E-state index contributed by atoms with van der Waals surface area (Å²) in [5, 5.41) is 23.0. The van der Waals surface area contributed by atoms with E-state index in [9.17, 15) is 10.1 Å². The van der Waals surface area contributed by atoms with E-state index in [1.54, 1.807) is 30.3 Å². The van der Waals surface area contributed by atoms with E-state index in [-0.39, 0.29) is 5.69 Å². The molecule has 0 bridgehead atoms. The maximum atomic E-state index is 10.9. The van der Waals surface area contributed by atoms with Gasteiger partial charge in [0.1, 0.15) is 10.5 Å². The Morgan fingerprint density at radius 2 is 2.00 bits per heavy atom. The maximum absolute atomic E-state index is 10.9. The van der Waals surface area contributed by atoms with Gasteiger partial charge < -0.3 is 5.32 Å². The summed E-state index contributed by atoms with van der Waals surface area (Å²) in [6, 6.07) is 14.1. The van der Waals surface area contributed by atoms with E-state index in [0.29, 0.717) is 22.3 Å². The SMILES string of the molecule is N#Cc1ccccc1NCc1cccc([N+](=O)[O-])c1Br. The number of para-hydroxylation sites is 1. The lowest BCUT2D eigenvalue weighted by Crippen LogP contribution is -2.03. The molecule has 0 unspecified atom stereocenters. The van der Waals surface area contributed by atoms with Crippen LogP contribution in [-0.2, 0) is 6.54 Å². The molecule has 0 spiro atoms. The molecule has 0 fully saturated rings. The predicted octanol–water partition coefficient (Wildman–Crippen LogP) is 3.84. The van der Waals surface area contributed by atoms with Gasteiger partial charge in [-0.1, -0.05) is 24.3 Å². The Morgan fingerprint density at radius 1 is 1.25 bits per heavy atom. The molecule has 0 aliphatic heterocycles. The summed E-state index contributed by atoms with van der Waals surface area (Å²) in [5.41, 5.74) is 2.02. The molecule has 0 saturated heterocycles. The Kier molecular flexibility index (Phi) is 4.33. The van der Waals surface area contributed by atoms with Crippen LogP contribution >= 0.6 is 15.9 Å². The second-order valence-electron chi connectivity index (χ2n) is 4.02. The molecule has 0 aromatic heterocycles. The highest BCUT2D eigenvalue weighted by Crippen LogP contribution is 2.29. The highest BCUT2D eigenvalue weighted by atomic mass is 79.9. The number of nitriles is 1. The Labute approximate surface area is 124 Å². The van der Waals surface area contributed by atoms with Gasteiger partial charge in [-0.15, -0.1) is 0 Å². The molecule has 1 N–H and O–H groups in total. The maximum Gasteiger partial charge on any atom is 0.283 e. The van der Waals surface area contributed by atoms with Gasteiger partial charge in [-0.05, 0) is 33.6 Å². The lowest BCUT2D eigenvalue weighted by Gasteiger charge is -2.09. The Hall–Kier alpha value is -2.39. The molecule has 2 aromatic carbocycles. The van der Waals surface area contributed by atoms with Gasteiger partial charge in [0, 0.05) is 12.6 Å². The van der Waals surface area contributed by atoms with E-state index in [1.807, 2.05) is 6.07 Å². The Bertz CT molecular complexity index is 695. The van der Waals surface area contributed by atoms with E-state index in [0.717, 1.165) is 5.56 Å². The largest absolute Gasteiger partial charge is 0.380 e. The predicted molar refractivity (Wildman–Crippen MR) is 79.3 cm³/mol. The Balaban J connectivity index is 2.22. The molecule has 2 aromatic rings. The third-order valence-corrected chi connectivity index (χ3v) is 3.69. The summed E-state index contributed by atoms with van der Waals surface area (Å²) in [6.45, 7) is 0.390. The van der Waals surface area contributed by atoms with Gasteiger partial charge in [0.15, 0.2) is 0 Å². The molecule has 2 rings (SSSR count). The van der Waals surface area contributed by atoms with Crippen molar-refractivity contribution in [3.63, 3.8) is 0 Å². The van der Waals surface area contributed by atoms with E-state index in [1.165, 1.54) is 6.07 Å². The summed E-state index contributed by atoms with van der Waals surface area (Å²) in [6.07, 6.45) is 0. The summed E-state index contributed by atoms with van der Waals surface area (Å²) >= 11 is 3.24. The minimum atomic E-state index is -0.434. The van der Waals surface area contributed by atoms with Crippen LogP contribution in [0.25, 0.3) is 0 Å². The van der Waals surface area contributed by atoms with Crippen molar-refractivity contribution in [2.75, 3.05) is 5.32 Å². The van der Waals surface area contributed by atoms with Crippen LogP contribution in [0.3, 0.4) is 0 Å². The molecular formula is C14H10BrN3O2. The number of anilines is 1. The average molecular weight is 332 g/mol. The van der Waals surface area contributed by atoms with Crippen LogP contribution in [0, 0.1) is 21.4 Å². The first kappa shape index (κ1) is 14.0. The standard InChI is InChI=1S/C14H10BrN3O2/c15-14-11(5-3-7-13(14)18(19)20)9-17-12-6-2-1-4-10(12)8-16/h1-7,17H,9H2. The third-order valence-electron chi connectivity index (χ3n) is 2.77. The van der Waals surface area contributed by atoms with Gasteiger partial charge >= 0.3 is 0 Å². The summed E-state index contributed by atoms with van der Waals surface area (Å²) < 4.78 is 0.451. The van der Waals surface area contributed by atoms with Gasteiger partial charge in [-0.2, -0.15) is 5.26 Å². The average Bonchev–Trinajstić information content (AvgIpc) is 2.46. The van der Waals surface area contributed by atoms with Crippen LogP contribution < -0.4 is 5.32 Å². The fraction of sp³-hybridized carbons (Fsp3) is 0.0714. The van der Waals surface area contributed by atoms with Crippen molar-refractivity contribution < 1.29 is 4.92 Å². The first-order valence-electron chi connectivity index (χ1n) is 5.78. The molecule has 5 nitrogen and oxygen atoms in total. The molecule has 0 aliphatic rings. The molecular weight excluding hydrogens is 322 g/mol. The van der Waals surface area contributed by atoms with Crippen molar-refractivity contribution in [1.82, 2.24) is 0 Å². The van der Waals surface area contributed by atoms with Crippen LogP contribution in [-0.4, -0.2) is 4.92 Å². The molecule has 0 atom stereocenters. The number of nitrogens with one attached hydrogen (secondary N) is 1. The zero-order valence-corrected chi connectivity index (χ0v) is 11.9. The van der Waals surface area contributed by atoms with Gasteiger partial charge in [0.05, 0.1) is 16.2 Å². The van der Waals surface area contributed by atoms with Crippen LogP contribution in [0.5, 0.6) is 0 Å². The number of rotatable bonds is 4. The van der Waals surface area contributed by atoms with Crippen molar-refractivity contribution in [1.29, 1.82) is 5.26 Å².